The van der Waals surface area contributed by atoms with Gasteiger partial charge < -0.3 is 5.73 Å². The second-order valence-electron chi connectivity index (χ2n) is 4.89. The smallest absolute Gasteiger partial charge is 0.292 e. The van der Waals surface area contributed by atoms with E-state index in [1.165, 1.54) is 0 Å². The number of nitrogens with two attached hydrogens (primary N) is 1. The van der Waals surface area contributed by atoms with Crippen molar-refractivity contribution in [3.63, 3.8) is 0 Å². The van der Waals surface area contributed by atoms with Crippen molar-refractivity contribution in [2.75, 3.05) is 6.54 Å². The maximum Gasteiger partial charge on any atom is 0.292 e. The maximum absolute atomic E-state index is 13.7. The van der Waals surface area contributed by atoms with Gasteiger partial charge in [-0.25, -0.2) is 17.5 Å². The molecule has 0 amide bonds. The highest BCUT2D eigenvalue weighted by Gasteiger charge is 2.36. The second-order valence-corrected chi connectivity index (χ2v) is 6.59. The monoisotopic (exact) mass is 303 g/mol. The van der Waals surface area contributed by atoms with Crippen molar-refractivity contribution in [3.05, 3.63) is 34.1 Å². The van der Waals surface area contributed by atoms with Crippen molar-refractivity contribution in [2.45, 2.75) is 29.7 Å². The van der Waals surface area contributed by atoms with E-state index in [1.54, 1.807) is 0 Å². The first-order valence-corrected chi connectivity index (χ1v) is 7.45. The van der Waals surface area contributed by atoms with Crippen LogP contribution in [0.4, 0.5) is 10.1 Å². The Hall–Kier alpha value is -1.58. The minimum absolute atomic E-state index is 0.0686. The van der Waals surface area contributed by atoms with Crippen molar-refractivity contribution in [3.8, 4) is 0 Å². The van der Waals surface area contributed by atoms with Gasteiger partial charge in [0.1, 0.15) is 5.82 Å². The lowest BCUT2D eigenvalue weighted by molar-refractivity contribution is -0.388. The standard InChI is InChI=1S/C11H14FN3O4S/c12-8-3-1-4-9(15(16)17)10(8)20(18,19)14-7-11(13)5-2-6-11/h1,3-4,14H,2,5-7,13H2. The van der Waals surface area contributed by atoms with Crippen LogP contribution in [0.1, 0.15) is 19.3 Å². The Morgan fingerprint density at radius 1 is 1.45 bits per heavy atom. The van der Waals surface area contributed by atoms with E-state index in [9.17, 15) is 22.9 Å². The molecule has 0 aromatic heterocycles. The van der Waals surface area contributed by atoms with E-state index in [0.29, 0.717) is 12.8 Å². The number of hydrogen-bond donors (Lipinski definition) is 2. The van der Waals surface area contributed by atoms with Gasteiger partial charge in [-0.05, 0) is 25.3 Å². The third-order valence-electron chi connectivity index (χ3n) is 3.38. The summed E-state index contributed by atoms with van der Waals surface area (Å²) < 4.78 is 39.9. The highest BCUT2D eigenvalue weighted by Crippen LogP contribution is 2.30. The van der Waals surface area contributed by atoms with Crippen LogP contribution in [-0.2, 0) is 10.0 Å². The van der Waals surface area contributed by atoms with E-state index >= 15 is 0 Å². The molecule has 110 valence electrons. The van der Waals surface area contributed by atoms with E-state index < -0.39 is 36.9 Å². The van der Waals surface area contributed by atoms with Gasteiger partial charge in [0.25, 0.3) is 5.69 Å². The third kappa shape index (κ3) is 2.79. The molecule has 1 aromatic rings. The minimum atomic E-state index is -4.32. The number of nitro benzene ring substituents is 1. The minimum Gasteiger partial charge on any atom is -0.324 e. The lowest BCUT2D eigenvalue weighted by atomic mass is 9.78. The normalized spacial score (nSPS) is 17.5. The van der Waals surface area contributed by atoms with Crippen LogP contribution in [-0.4, -0.2) is 25.4 Å². The molecular formula is C11H14FN3O4S. The molecule has 0 atom stereocenters. The summed E-state index contributed by atoms with van der Waals surface area (Å²) in [4.78, 5) is 8.93. The summed E-state index contributed by atoms with van der Waals surface area (Å²) in [7, 11) is -4.32. The molecule has 2 rings (SSSR count). The van der Waals surface area contributed by atoms with Gasteiger partial charge >= 0.3 is 0 Å². The number of sulfonamides is 1. The summed E-state index contributed by atoms with van der Waals surface area (Å²) in [5.41, 5.74) is 4.43. The molecule has 1 aliphatic carbocycles. The molecule has 20 heavy (non-hydrogen) atoms. The zero-order valence-corrected chi connectivity index (χ0v) is 11.3. The average Bonchev–Trinajstić information content (AvgIpc) is 2.33. The van der Waals surface area contributed by atoms with E-state index in [-0.39, 0.29) is 6.54 Å². The molecule has 3 N–H and O–H groups in total. The van der Waals surface area contributed by atoms with Gasteiger partial charge in [0.15, 0.2) is 4.90 Å². The largest absolute Gasteiger partial charge is 0.324 e. The van der Waals surface area contributed by atoms with Gasteiger partial charge in [0.05, 0.1) is 4.92 Å². The molecule has 7 nitrogen and oxygen atoms in total. The molecule has 0 unspecified atom stereocenters. The van der Waals surface area contributed by atoms with Gasteiger partial charge in [0, 0.05) is 18.2 Å². The van der Waals surface area contributed by atoms with Gasteiger partial charge in [-0.2, -0.15) is 0 Å². The SMILES string of the molecule is NC1(CNS(=O)(=O)c2c(F)cccc2[N+](=O)[O-])CCC1. The number of nitrogens with one attached hydrogen (secondary N) is 1. The molecule has 1 fully saturated rings. The number of halogens is 1. The number of benzene rings is 1. The summed E-state index contributed by atoms with van der Waals surface area (Å²) in [6.45, 7) is -0.0686. The highest BCUT2D eigenvalue weighted by atomic mass is 32.2. The molecule has 9 heteroatoms. The Kier molecular flexibility index (Phi) is 3.76. The third-order valence-corrected chi connectivity index (χ3v) is 4.84. The first-order chi connectivity index (χ1) is 9.25. The molecule has 1 saturated carbocycles. The van der Waals surface area contributed by atoms with Crippen molar-refractivity contribution >= 4 is 15.7 Å². The number of nitro groups is 1. The first-order valence-electron chi connectivity index (χ1n) is 5.97. The van der Waals surface area contributed by atoms with Crippen LogP contribution in [0.5, 0.6) is 0 Å². The zero-order chi connectivity index (χ0) is 15.0. The van der Waals surface area contributed by atoms with E-state index in [4.69, 9.17) is 5.73 Å². The van der Waals surface area contributed by atoms with Crippen molar-refractivity contribution in [2.24, 2.45) is 5.73 Å². The fourth-order valence-corrected chi connectivity index (χ4v) is 3.39. The first kappa shape index (κ1) is 14.8. The lowest BCUT2D eigenvalue weighted by Crippen LogP contribution is -2.54. The summed E-state index contributed by atoms with van der Waals surface area (Å²) in [5.74, 6) is -1.16. The zero-order valence-electron chi connectivity index (χ0n) is 10.5. The van der Waals surface area contributed by atoms with E-state index in [1.807, 2.05) is 0 Å². The van der Waals surface area contributed by atoms with Crippen LogP contribution >= 0.6 is 0 Å². The van der Waals surface area contributed by atoms with Crippen LogP contribution < -0.4 is 10.5 Å². The predicted octanol–water partition coefficient (Wildman–Crippen LogP) is 0.894. The van der Waals surface area contributed by atoms with Crippen molar-refractivity contribution in [1.82, 2.24) is 4.72 Å². The molecule has 0 bridgehead atoms. The van der Waals surface area contributed by atoms with Crippen LogP contribution in [0.2, 0.25) is 0 Å². The van der Waals surface area contributed by atoms with Gasteiger partial charge in [-0.3, -0.25) is 10.1 Å². The quantitative estimate of drug-likeness (QED) is 0.619. The molecule has 0 aliphatic heterocycles. The van der Waals surface area contributed by atoms with E-state index in [2.05, 4.69) is 4.72 Å². The number of rotatable bonds is 5. The molecule has 0 spiro atoms. The number of nitrogens with zero attached hydrogens (tertiary/aromatic N) is 1. The Bertz CT molecular complexity index is 643. The van der Waals surface area contributed by atoms with Gasteiger partial charge in [0.2, 0.25) is 10.0 Å². The Morgan fingerprint density at radius 3 is 2.60 bits per heavy atom. The summed E-state index contributed by atoms with van der Waals surface area (Å²) in [6.07, 6.45) is 2.22. The highest BCUT2D eigenvalue weighted by molar-refractivity contribution is 7.89. The second kappa shape index (κ2) is 5.08. The number of hydrogen-bond acceptors (Lipinski definition) is 5. The van der Waals surface area contributed by atoms with Crippen molar-refractivity contribution in [1.29, 1.82) is 0 Å². The summed E-state index contributed by atoms with van der Waals surface area (Å²) >= 11 is 0. The molecule has 0 radical (unpaired) electrons. The summed E-state index contributed by atoms with van der Waals surface area (Å²) in [6, 6.07) is 2.89. The van der Waals surface area contributed by atoms with Crippen LogP contribution in [0.25, 0.3) is 0 Å². The lowest BCUT2D eigenvalue weighted by Gasteiger charge is -2.37. The topological polar surface area (TPSA) is 115 Å². The molecular weight excluding hydrogens is 289 g/mol. The Morgan fingerprint density at radius 2 is 2.10 bits per heavy atom. The average molecular weight is 303 g/mol. The molecule has 0 saturated heterocycles. The maximum atomic E-state index is 13.7. The molecule has 1 aromatic carbocycles. The molecule has 1 aliphatic rings. The Labute approximate surface area is 115 Å². The summed E-state index contributed by atoms with van der Waals surface area (Å²) in [5, 5.41) is 10.8. The van der Waals surface area contributed by atoms with Crippen molar-refractivity contribution < 1.29 is 17.7 Å². The van der Waals surface area contributed by atoms with Gasteiger partial charge in [-0.15, -0.1) is 0 Å². The van der Waals surface area contributed by atoms with Crippen LogP contribution in [0.3, 0.4) is 0 Å². The molecule has 0 heterocycles. The predicted molar refractivity (Wildman–Crippen MR) is 69.0 cm³/mol. The van der Waals surface area contributed by atoms with E-state index in [0.717, 1.165) is 24.6 Å². The fraction of sp³-hybridized carbons (Fsp3) is 0.455. The fourth-order valence-electron chi connectivity index (χ4n) is 2.03. The van der Waals surface area contributed by atoms with Crippen LogP contribution in [0, 0.1) is 15.9 Å². The Balaban J connectivity index is 2.31. The van der Waals surface area contributed by atoms with Crippen LogP contribution in [0.15, 0.2) is 23.1 Å². The van der Waals surface area contributed by atoms with Gasteiger partial charge in [-0.1, -0.05) is 6.07 Å².